The van der Waals surface area contributed by atoms with Gasteiger partial charge in [-0.05, 0) is 13.0 Å². The molecule has 2 nitrogen and oxygen atoms in total. The van der Waals surface area contributed by atoms with Crippen LogP contribution in [0.1, 0.15) is 26.2 Å². The Kier molecular flexibility index (Phi) is 8.29. The Labute approximate surface area is 72.2 Å². The van der Waals surface area contributed by atoms with Crippen LogP contribution in [0.2, 0.25) is 0 Å². The second kappa shape index (κ2) is 8.21. The molecule has 0 rings (SSSR count). The Bertz CT molecular complexity index is 106. The minimum atomic E-state index is -0.635. The summed E-state index contributed by atoms with van der Waals surface area (Å²) in [6.07, 6.45) is 5.55. The van der Waals surface area contributed by atoms with Gasteiger partial charge in [0.15, 0.2) is 0 Å². The van der Waals surface area contributed by atoms with E-state index in [2.05, 4.69) is 12.2 Å². The Hall–Kier alpha value is 0.110. The molecule has 0 aliphatic rings. The summed E-state index contributed by atoms with van der Waals surface area (Å²) in [5, 5.41) is 3.26. The first-order valence-corrected chi connectivity index (χ1v) is 6.00. The molecule has 0 aliphatic carbocycles. The average molecular weight is 177 g/mol. The monoisotopic (exact) mass is 177 g/mol. The maximum atomic E-state index is 10.6. The second-order valence-electron chi connectivity index (χ2n) is 2.73. The number of rotatable bonds is 7. The fourth-order valence-electron chi connectivity index (χ4n) is 0.841. The minimum absolute atomic E-state index is 0.635. The van der Waals surface area contributed by atoms with Gasteiger partial charge in [-0.15, -0.1) is 0 Å². The molecule has 0 bridgehead atoms. The Morgan fingerprint density at radius 2 is 2.00 bits per heavy atom. The maximum absolute atomic E-state index is 10.6. The van der Waals surface area contributed by atoms with Crippen molar-refractivity contribution >= 4 is 10.8 Å². The van der Waals surface area contributed by atoms with Gasteiger partial charge in [-0.2, -0.15) is 0 Å². The summed E-state index contributed by atoms with van der Waals surface area (Å²) in [6, 6.07) is 0. The van der Waals surface area contributed by atoms with Gasteiger partial charge in [0, 0.05) is 29.4 Å². The van der Waals surface area contributed by atoms with Crippen molar-refractivity contribution in [2.75, 3.05) is 25.1 Å². The molecule has 0 saturated heterocycles. The van der Waals surface area contributed by atoms with Crippen LogP contribution >= 0.6 is 0 Å². The molecule has 1 atom stereocenters. The largest absolute Gasteiger partial charge is 0.316 e. The van der Waals surface area contributed by atoms with Crippen molar-refractivity contribution in [3.8, 4) is 0 Å². The third-order valence-electron chi connectivity index (χ3n) is 1.52. The van der Waals surface area contributed by atoms with Crippen molar-refractivity contribution in [2.24, 2.45) is 0 Å². The van der Waals surface area contributed by atoms with E-state index in [4.69, 9.17) is 0 Å². The van der Waals surface area contributed by atoms with E-state index in [1.807, 2.05) is 0 Å². The third kappa shape index (κ3) is 10.1. The highest BCUT2D eigenvalue weighted by Gasteiger charge is 1.90. The molecule has 0 spiro atoms. The standard InChI is InChI=1S/C8H19NOS/c1-3-4-5-6-9-7-8-11(2)10/h9H,3-8H2,1-2H3. The summed E-state index contributed by atoms with van der Waals surface area (Å²) >= 11 is 0. The van der Waals surface area contributed by atoms with Crippen LogP contribution in [0.25, 0.3) is 0 Å². The van der Waals surface area contributed by atoms with Crippen molar-refractivity contribution in [3.05, 3.63) is 0 Å². The summed E-state index contributed by atoms with van der Waals surface area (Å²) in [5.74, 6) is 0.784. The fourth-order valence-corrected chi connectivity index (χ4v) is 1.27. The molecule has 0 aromatic rings. The lowest BCUT2D eigenvalue weighted by Crippen LogP contribution is -2.21. The van der Waals surface area contributed by atoms with Gasteiger partial charge in [0.2, 0.25) is 0 Å². The van der Waals surface area contributed by atoms with Crippen LogP contribution in [-0.2, 0) is 10.8 Å². The van der Waals surface area contributed by atoms with Crippen LogP contribution in [0.3, 0.4) is 0 Å². The van der Waals surface area contributed by atoms with Crippen molar-refractivity contribution < 1.29 is 4.21 Å². The van der Waals surface area contributed by atoms with Crippen molar-refractivity contribution in [2.45, 2.75) is 26.2 Å². The predicted molar refractivity (Wildman–Crippen MR) is 51.3 cm³/mol. The highest BCUT2D eigenvalue weighted by molar-refractivity contribution is 7.84. The Morgan fingerprint density at radius 3 is 2.55 bits per heavy atom. The highest BCUT2D eigenvalue weighted by Crippen LogP contribution is 1.90. The Morgan fingerprint density at radius 1 is 1.27 bits per heavy atom. The lowest BCUT2D eigenvalue weighted by atomic mass is 10.2. The van der Waals surface area contributed by atoms with Gasteiger partial charge in [0.05, 0.1) is 0 Å². The van der Waals surface area contributed by atoms with Crippen LogP contribution in [0.5, 0.6) is 0 Å². The first kappa shape index (κ1) is 11.1. The summed E-state index contributed by atoms with van der Waals surface area (Å²) < 4.78 is 10.6. The molecule has 0 fully saturated rings. The van der Waals surface area contributed by atoms with E-state index in [9.17, 15) is 4.21 Å². The molecule has 1 unspecified atom stereocenters. The zero-order chi connectivity index (χ0) is 8.53. The van der Waals surface area contributed by atoms with E-state index in [-0.39, 0.29) is 0 Å². The molecule has 11 heavy (non-hydrogen) atoms. The van der Waals surface area contributed by atoms with Crippen LogP contribution < -0.4 is 5.32 Å². The number of unbranched alkanes of at least 4 members (excludes halogenated alkanes) is 2. The van der Waals surface area contributed by atoms with Crippen LogP contribution in [0.15, 0.2) is 0 Å². The molecule has 0 saturated carbocycles. The lowest BCUT2D eigenvalue weighted by molar-refractivity contribution is 0.631. The van der Waals surface area contributed by atoms with Crippen LogP contribution in [-0.4, -0.2) is 29.3 Å². The van der Waals surface area contributed by atoms with Gasteiger partial charge in [0.1, 0.15) is 0 Å². The van der Waals surface area contributed by atoms with Gasteiger partial charge in [-0.3, -0.25) is 4.21 Å². The molecular formula is C8H19NOS. The molecule has 0 aliphatic heterocycles. The van der Waals surface area contributed by atoms with Gasteiger partial charge in [-0.1, -0.05) is 19.8 Å². The molecule has 0 amide bonds. The first-order valence-electron chi connectivity index (χ1n) is 4.28. The van der Waals surface area contributed by atoms with Gasteiger partial charge in [0.25, 0.3) is 0 Å². The van der Waals surface area contributed by atoms with Crippen molar-refractivity contribution in [1.82, 2.24) is 5.32 Å². The van der Waals surface area contributed by atoms with Gasteiger partial charge < -0.3 is 5.32 Å². The van der Waals surface area contributed by atoms with E-state index >= 15 is 0 Å². The van der Waals surface area contributed by atoms with Crippen LogP contribution in [0, 0.1) is 0 Å². The molecule has 3 heteroatoms. The summed E-state index contributed by atoms with van der Waals surface area (Å²) in [6.45, 7) is 4.17. The number of hydrogen-bond acceptors (Lipinski definition) is 2. The third-order valence-corrected chi connectivity index (χ3v) is 2.30. The normalized spacial score (nSPS) is 13.3. The topological polar surface area (TPSA) is 29.1 Å². The van der Waals surface area contributed by atoms with E-state index in [0.717, 1.165) is 18.8 Å². The quantitative estimate of drug-likeness (QED) is 0.591. The fraction of sp³-hybridized carbons (Fsp3) is 1.00. The number of hydrogen-bond donors (Lipinski definition) is 1. The predicted octanol–water partition coefficient (Wildman–Crippen LogP) is 1.14. The lowest BCUT2D eigenvalue weighted by Gasteiger charge is -2.01. The molecule has 0 radical (unpaired) electrons. The van der Waals surface area contributed by atoms with Gasteiger partial charge in [-0.25, -0.2) is 0 Å². The van der Waals surface area contributed by atoms with Crippen molar-refractivity contribution in [3.63, 3.8) is 0 Å². The molecule has 1 N–H and O–H groups in total. The zero-order valence-electron chi connectivity index (χ0n) is 7.56. The summed E-state index contributed by atoms with van der Waals surface area (Å²) in [4.78, 5) is 0. The minimum Gasteiger partial charge on any atom is -0.316 e. The van der Waals surface area contributed by atoms with Crippen molar-refractivity contribution in [1.29, 1.82) is 0 Å². The molecule has 0 aromatic heterocycles. The molecule has 0 aromatic carbocycles. The molecule has 68 valence electrons. The summed E-state index contributed by atoms with van der Waals surface area (Å²) in [7, 11) is -0.635. The van der Waals surface area contributed by atoms with Gasteiger partial charge >= 0.3 is 0 Å². The SMILES string of the molecule is CCCCCNCCS(C)=O. The molecule has 0 heterocycles. The first-order chi connectivity index (χ1) is 5.27. The second-order valence-corrected chi connectivity index (χ2v) is 4.29. The molecular weight excluding hydrogens is 158 g/mol. The van der Waals surface area contributed by atoms with E-state index in [0.29, 0.717) is 0 Å². The number of nitrogens with one attached hydrogen (secondary N) is 1. The Balaban J connectivity index is 2.85. The van der Waals surface area contributed by atoms with E-state index in [1.54, 1.807) is 6.26 Å². The zero-order valence-corrected chi connectivity index (χ0v) is 8.38. The van der Waals surface area contributed by atoms with Crippen LogP contribution in [0.4, 0.5) is 0 Å². The smallest absolute Gasteiger partial charge is 0.0357 e. The summed E-state index contributed by atoms with van der Waals surface area (Å²) in [5.41, 5.74) is 0. The average Bonchev–Trinajstić information content (AvgIpc) is 1.96. The maximum Gasteiger partial charge on any atom is 0.0357 e. The van der Waals surface area contributed by atoms with E-state index < -0.39 is 10.8 Å². The van der Waals surface area contributed by atoms with E-state index in [1.165, 1.54) is 19.3 Å². The highest BCUT2D eigenvalue weighted by atomic mass is 32.2.